The van der Waals surface area contributed by atoms with Crippen molar-refractivity contribution < 1.29 is 27.9 Å². The molecule has 2 N–H and O–H groups in total. The van der Waals surface area contributed by atoms with E-state index in [0.717, 1.165) is 12.1 Å². The average Bonchev–Trinajstić information content (AvgIpc) is 2.37. The van der Waals surface area contributed by atoms with E-state index in [0.29, 0.717) is 0 Å². The summed E-state index contributed by atoms with van der Waals surface area (Å²) in [5.74, 6) is -1.88. The molecule has 0 saturated heterocycles. The number of hydrogen-bond donors (Lipinski definition) is 2. The van der Waals surface area contributed by atoms with E-state index in [2.05, 4.69) is 5.32 Å². The van der Waals surface area contributed by atoms with Gasteiger partial charge in [0.1, 0.15) is 6.04 Å². The zero-order chi connectivity index (χ0) is 16.4. The Morgan fingerprint density at radius 1 is 1.19 bits per heavy atom. The summed E-state index contributed by atoms with van der Waals surface area (Å²) < 4.78 is 38.1. The Labute approximate surface area is 120 Å². The van der Waals surface area contributed by atoms with Gasteiger partial charge < -0.3 is 10.4 Å². The monoisotopic (exact) mass is 303 g/mol. The summed E-state index contributed by atoms with van der Waals surface area (Å²) >= 11 is 0. The van der Waals surface area contributed by atoms with Gasteiger partial charge in [-0.05, 0) is 32.4 Å². The highest BCUT2D eigenvalue weighted by molar-refractivity contribution is 5.90. The summed E-state index contributed by atoms with van der Waals surface area (Å²) in [6.07, 6.45) is -4.50. The topological polar surface area (TPSA) is 66.4 Å². The van der Waals surface area contributed by atoms with E-state index in [9.17, 15) is 22.8 Å². The van der Waals surface area contributed by atoms with Gasteiger partial charge >= 0.3 is 12.1 Å². The lowest BCUT2D eigenvalue weighted by molar-refractivity contribution is -0.142. The maximum absolute atomic E-state index is 12.7. The van der Waals surface area contributed by atoms with Crippen LogP contribution in [0.3, 0.4) is 0 Å². The van der Waals surface area contributed by atoms with E-state index < -0.39 is 35.1 Å². The molecule has 0 aliphatic rings. The van der Waals surface area contributed by atoms with Crippen LogP contribution >= 0.6 is 0 Å². The van der Waals surface area contributed by atoms with E-state index in [-0.39, 0.29) is 5.56 Å². The molecule has 1 rings (SSSR count). The number of benzene rings is 1. The Balaban J connectivity index is 3.07. The molecule has 0 saturated carbocycles. The van der Waals surface area contributed by atoms with Crippen LogP contribution in [0.5, 0.6) is 0 Å². The van der Waals surface area contributed by atoms with E-state index in [1.54, 1.807) is 0 Å². The maximum atomic E-state index is 12.7. The molecule has 1 aromatic carbocycles. The summed E-state index contributed by atoms with van der Waals surface area (Å²) in [6, 6.07) is 3.30. The molecule has 7 heteroatoms. The Hall–Kier alpha value is -2.05. The molecule has 116 valence electrons. The molecule has 1 aromatic rings. The maximum Gasteiger partial charge on any atom is 0.416 e. The summed E-state index contributed by atoms with van der Waals surface area (Å²) in [6.45, 7) is 4.15. The number of carboxylic acids is 1. The van der Waals surface area contributed by atoms with Gasteiger partial charge in [0.05, 0.1) is 11.0 Å². The van der Waals surface area contributed by atoms with Crippen molar-refractivity contribution in [2.24, 2.45) is 0 Å². The minimum Gasteiger partial charge on any atom is -0.480 e. The number of nitrogens with one attached hydrogen (secondary N) is 1. The first-order chi connectivity index (χ1) is 9.46. The second-order valence-corrected chi connectivity index (χ2v) is 5.24. The van der Waals surface area contributed by atoms with Crippen molar-refractivity contribution in [3.63, 3.8) is 0 Å². The minimum absolute atomic E-state index is 0.160. The molecule has 0 aromatic heterocycles. The second kappa shape index (κ2) is 5.75. The Morgan fingerprint density at radius 2 is 1.71 bits per heavy atom. The molecule has 0 unspecified atom stereocenters. The fourth-order valence-corrected chi connectivity index (χ4v) is 1.65. The average molecular weight is 303 g/mol. The van der Waals surface area contributed by atoms with Crippen LogP contribution in [0.25, 0.3) is 0 Å². The van der Waals surface area contributed by atoms with Gasteiger partial charge in [0.15, 0.2) is 0 Å². The number of aliphatic carboxylic acids is 1. The van der Waals surface area contributed by atoms with Gasteiger partial charge in [-0.15, -0.1) is 0 Å². The highest BCUT2D eigenvalue weighted by atomic mass is 19.4. The smallest absolute Gasteiger partial charge is 0.416 e. The number of alkyl halides is 3. The van der Waals surface area contributed by atoms with E-state index >= 15 is 0 Å². The summed E-state index contributed by atoms with van der Waals surface area (Å²) in [7, 11) is 0. The Morgan fingerprint density at radius 3 is 2.19 bits per heavy atom. The van der Waals surface area contributed by atoms with Crippen LogP contribution in [-0.2, 0) is 21.2 Å². The molecule has 0 heterocycles. The van der Waals surface area contributed by atoms with Crippen molar-refractivity contribution in [3.05, 3.63) is 35.4 Å². The molecule has 0 aliphatic carbocycles. The number of carbonyl (C=O) groups excluding carboxylic acids is 1. The third-order valence-corrected chi connectivity index (χ3v) is 3.20. The van der Waals surface area contributed by atoms with E-state index in [1.165, 1.54) is 32.9 Å². The first kappa shape index (κ1) is 17.0. The third kappa shape index (κ3) is 3.96. The summed E-state index contributed by atoms with van der Waals surface area (Å²) in [4.78, 5) is 22.8. The molecular weight excluding hydrogens is 287 g/mol. The standard InChI is InChI=1S/C14H16F3NO3/c1-8(11(19)20)18-12(21)13(2,3)9-5-4-6-10(7-9)14(15,16)17/h4-8H,1-3H3,(H,18,21)(H,19,20)/t8-/m0/s1. The van der Waals surface area contributed by atoms with Crippen LogP contribution in [0, 0.1) is 0 Å². The number of rotatable bonds is 4. The Kier molecular flexibility index (Phi) is 4.65. The molecule has 0 bridgehead atoms. The molecule has 21 heavy (non-hydrogen) atoms. The fraction of sp³-hybridized carbons (Fsp3) is 0.429. The molecular formula is C14H16F3NO3. The fourth-order valence-electron chi connectivity index (χ4n) is 1.65. The van der Waals surface area contributed by atoms with Crippen molar-refractivity contribution in [1.29, 1.82) is 0 Å². The van der Waals surface area contributed by atoms with Crippen LogP contribution < -0.4 is 5.32 Å². The molecule has 0 spiro atoms. The van der Waals surface area contributed by atoms with Gasteiger partial charge in [0.2, 0.25) is 5.91 Å². The molecule has 1 atom stereocenters. The lowest BCUT2D eigenvalue weighted by atomic mass is 9.82. The van der Waals surface area contributed by atoms with E-state index in [1.807, 2.05) is 0 Å². The van der Waals surface area contributed by atoms with Gasteiger partial charge in [0, 0.05) is 0 Å². The molecule has 4 nitrogen and oxygen atoms in total. The van der Waals surface area contributed by atoms with Crippen molar-refractivity contribution in [2.45, 2.75) is 38.4 Å². The quantitative estimate of drug-likeness (QED) is 0.898. The minimum atomic E-state index is -4.50. The van der Waals surface area contributed by atoms with Crippen LogP contribution in [0.1, 0.15) is 31.9 Å². The number of carboxylic acid groups (broad SMARTS) is 1. The van der Waals surface area contributed by atoms with Gasteiger partial charge in [0.25, 0.3) is 0 Å². The first-order valence-corrected chi connectivity index (χ1v) is 6.17. The zero-order valence-electron chi connectivity index (χ0n) is 11.8. The summed E-state index contributed by atoms with van der Waals surface area (Å²) in [5, 5.41) is 11.0. The number of carbonyl (C=O) groups is 2. The van der Waals surface area contributed by atoms with Crippen molar-refractivity contribution >= 4 is 11.9 Å². The molecule has 0 radical (unpaired) electrons. The molecule has 0 fully saturated rings. The van der Waals surface area contributed by atoms with Crippen LogP contribution in [0.15, 0.2) is 24.3 Å². The predicted octanol–water partition coefficient (Wildman–Crippen LogP) is 2.57. The highest BCUT2D eigenvalue weighted by Crippen LogP contribution is 2.32. The number of halogens is 3. The van der Waals surface area contributed by atoms with Crippen LogP contribution in [-0.4, -0.2) is 23.0 Å². The summed E-state index contributed by atoms with van der Waals surface area (Å²) in [5.41, 5.74) is -1.98. The second-order valence-electron chi connectivity index (χ2n) is 5.24. The number of hydrogen-bond acceptors (Lipinski definition) is 2. The highest BCUT2D eigenvalue weighted by Gasteiger charge is 2.35. The largest absolute Gasteiger partial charge is 0.480 e. The SMILES string of the molecule is C[C@H](NC(=O)C(C)(C)c1cccc(C(F)(F)F)c1)C(=O)O. The van der Waals surface area contributed by atoms with Gasteiger partial charge in [-0.25, -0.2) is 0 Å². The van der Waals surface area contributed by atoms with Crippen molar-refractivity contribution in [2.75, 3.05) is 0 Å². The predicted molar refractivity (Wildman–Crippen MR) is 69.7 cm³/mol. The third-order valence-electron chi connectivity index (χ3n) is 3.20. The van der Waals surface area contributed by atoms with Crippen LogP contribution in [0.4, 0.5) is 13.2 Å². The Bertz CT molecular complexity index is 553. The lowest BCUT2D eigenvalue weighted by Crippen LogP contribution is -2.47. The normalized spacial score (nSPS) is 13.6. The lowest BCUT2D eigenvalue weighted by Gasteiger charge is -2.26. The first-order valence-electron chi connectivity index (χ1n) is 6.17. The van der Waals surface area contributed by atoms with Crippen molar-refractivity contribution in [1.82, 2.24) is 5.32 Å². The zero-order valence-corrected chi connectivity index (χ0v) is 11.8. The number of amides is 1. The molecule has 0 aliphatic heterocycles. The van der Waals surface area contributed by atoms with E-state index in [4.69, 9.17) is 5.11 Å². The van der Waals surface area contributed by atoms with Gasteiger partial charge in [-0.3, -0.25) is 9.59 Å². The van der Waals surface area contributed by atoms with Crippen LogP contribution in [0.2, 0.25) is 0 Å². The van der Waals surface area contributed by atoms with Gasteiger partial charge in [-0.2, -0.15) is 13.2 Å². The van der Waals surface area contributed by atoms with Gasteiger partial charge in [-0.1, -0.05) is 18.2 Å². The van der Waals surface area contributed by atoms with Crippen molar-refractivity contribution in [3.8, 4) is 0 Å². The molecule has 1 amide bonds.